The van der Waals surface area contributed by atoms with Crippen molar-refractivity contribution < 1.29 is 14.0 Å². The summed E-state index contributed by atoms with van der Waals surface area (Å²) < 4.78 is 5.24. The monoisotopic (exact) mass is 299 g/mol. The molecule has 2 aromatic heterocycles. The zero-order chi connectivity index (χ0) is 15.4. The van der Waals surface area contributed by atoms with Gasteiger partial charge in [-0.05, 0) is 23.8 Å². The number of amides is 2. The summed E-state index contributed by atoms with van der Waals surface area (Å²) >= 11 is 0. The van der Waals surface area contributed by atoms with Crippen molar-refractivity contribution in [1.82, 2.24) is 15.2 Å². The van der Waals surface area contributed by atoms with E-state index in [9.17, 15) is 9.59 Å². The summed E-state index contributed by atoms with van der Waals surface area (Å²) in [4.78, 5) is 29.8. The van der Waals surface area contributed by atoms with E-state index in [1.807, 2.05) is 18.2 Å². The summed E-state index contributed by atoms with van der Waals surface area (Å²) in [6.07, 6.45) is 5.23. The number of aromatic nitrogens is 1. The molecular weight excluding hydrogens is 282 g/mol. The smallest absolute Gasteiger partial charge is 0.225 e. The molecule has 1 saturated heterocycles. The Balaban J connectivity index is 1.52. The Morgan fingerprint density at radius 3 is 3.05 bits per heavy atom. The van der Waals surface area contributed by atoms with E-state index in [2.05, 4.69) is 10.3 Å². The molecule has 1 aliphatic rings. The average Bonchev–Trinajstić information content (AvgIpc) is 3.17. The Bertz CT molecular complexity index is 640. The lowest BCUT2D eigenvalue weighted by atomic mass is 10.1. The van der Waals surface area contributed by atoms with Crippen LogP contribution in [0, 0.1) is 5.92 Å². The molecule has 1 aliphatic heterocycles. The molecule has 114 valence electrons. The molecule has 0 bridgehead atoms. The van der Waals surface area contributed by atoms with Gasteiger partial charge in [0.1, 0.15) is 5.76 Å². The molecule has 2 amide bonds. The first-order valence-corrected chi connectivity index (χ1v) is 7.19. The Labute approximate surface area is 128 Å². The number of rotatable bonds is 5. The minimum Gasteiger partial charge on any atom is -0.467 e. The van der Waals surface area contributed by atoms with Crippen LogP contribution < -0.4 is 5.32 Å². The molecule has 1 fully saturated rings. The second-order valence-electron chi connectivity index (χ2n) is 5.33. The van der Waals surface area contributed by atoms with Gasteiger partial charge in [0.15, 0.2) is 0 Å². The van der Waals surface area contributed by atoms with Gasteiger partial charge in [0.05, 0.1) is 18.7 Å². The molecule has 0 aliphatic carbocycles. The second-order valence-corrected chi connectivity index (χ2v) is 5.33. The maximum Gasteiger partial charge on any atom is 0.225 e. The van der Waals surface area contributed by atoms with Gasteiger partial charge < -0.3 is 14.6 Å². The fourth-order valence-electron chi connectivity index (χ4n) is 2.53. The first-order chi connectivity index (χ1) is 10.7. The van der Waals surface area contributed by atoms with Crippen molar-refractivity contribution in [2.24, 2.45) is 5.92 Å². The molecule has 0 aromatic carbocycles. The van der Waals surface area contributed by atoms with Crippen LogP contribution in [0.4, 0.5) is 0 Å². The van der Waals surface area contributed by atoms with E-state index in [1.165, 1.54) is 0 Å². The van der Waals surface area contributed by atoms with E-state index in [4.69, 9.17) is 4.42 Å². The second kappa shape index (κ2) is 6.43. The Kier molecular flexibility index (Phi) is 4.18. The van der Waals surface area contributed by atoms with Crippen LogP contribution in [-0.4, -0.2) is 28.2 Å². The van der Waals surface area contributed by atoms with Gasteiger partial charge in [0.2, 0.25) is 11.8 Å². The summed E-state index contributed by atoms with van der Waals surface area (Å²) in [7, 11) is 0. The average molecular weight is 299 g/mol. The highest BCUT2D eigenvalue weighted by atomic mass is 16.3. The van der Waals surface area contributed by atoms with Gasteiger partial charge in [-0.2, -0.15) is 0 Å². The van der Waals surface area contributed by atoms with Crippen molar-refractivity contribution in [3.05, 3.63) is 54.2 Å². The van der Waals surface area contributed by atoms with Crippen molar-refractivity contribution >= 4 is 11.8 Å². The SMILES string of the molecule is O=C(NCc1cccnc1)[C@H]1CC(=O)N(Cc2ccco2)C1. The number of hydrogen-bond donors (Lipinski definition) is 1. The number of likely N-dealkylation sites (tertiary alicyclic amines) is 1. The van der Waals surface area contributed by atoms with Gasteiger partial charge in [-0.1, -0.05) is 6.07 Å². The third kappa shape index (κ3) is 3.33. The topological polar surface area (TPSA) is 75.4 Å². The van der Waals surface area contributed by atoms with E-state index in [1.54, 1.807) is 29.6 Å². The molecule has 2 aromatic rings. The largest absolute Gasteiger partial charge is 0.467 e. The molecule has 1 N–H and O–H groups in total. The van der Waals surface area contributed by atoms with E-state index in [-0.39, 0.29) is 24.2 Å². The maximum absolute atomic E-state index is 12.2. The highest BCUT2D eigenvalue weighted by Crippen LogP contribution is 2.20. The molecule has 0 radical (unpaired) electrons. The normalized spacial score (nSPS) is 17.7. The van der Waals surface area contributed by atoms with Crippen LogP contribution in [0.2, 0.25) is 0 Å². The van der Waals surface area contributed by atoms with Gasteiger partial charge in [0.25, 0.3) is 0 Å². The fraction of sp³-hybridized carbons (Fsp3) is 0.312. The van der Waals surface area contributed by atoms with Crippen molar-refractivity contribution in [3.63, 3.8) is 0 Å². The summed E-state index contributed by atoms with van der Waals surface area (Å²) in [6, 6.07) is 7.33. The minimum atomic E-state index is -0.306. The molecule has 1 atom stereocenters. The van der Waals surface area contributed by atoms with E-state index in [0.717, 1.165) is 11.3 Å². The van der Waals surface area contributed by atoms with Gasteiger partial charge in [-0.15, -0.1) is 0 Å². The molecular formula is C16H17N3O3. The Morgan fingerprint density at radius 2 is 2.32 bits per heavy atom. The predicted octanol–water partition coefficient (Wildman–Crippen LogP) is 1.34. The molecule has 6 nitrogen and oxygen atoms in total. The van der Waals surface area contributed by atoms with Crippen LogP contribution in [0.3, 0.4) is 0 Å². The quantitative estimate of drug-likeness (QED) is 0.904. The predicted molar refractivity (Wildman–Crippen MR) is 78.3 cm³/mol. The molecule has 0 saturated carbocycles. The molecule has 22 heavy (non-hydrogen) atoms. The van der Waals surface area contributed by atoms with Crippen molar-refractivity contribution in [1.29, 1.82) is 0 Å². The molecule has 3 rings (SSSR count). The fourth-order valence-corrected chi connectivity index (χ4v) is 2.53. The number of hydrogen-bond acceptors (Lipinski definition) is 4. The molecule has 3 heterocycles. The zero-order valence-electron chi connectivity index (χ0n) is 12.1. The standard InChI is InChI=1S/C16H17N3O3/c20-15-7-13(10-19(15)11-14-4-2-6-22-14)16(21)18-9-12-3-1-5-17-8-12/h1-6,8,13H,7,9-11H2,(H,18,21)/t13-/m0/s1. The summed E-state index contributed by atoms with van der Waals surface area (Å²) in [6.45, 7) is 1.27. The van der Waals surface area contributed by atoms with Crippen LogP contribution in [0.15, 0.2) is 47.3 Å². The van der Waals surface area contributed by atoms with Crippen LogP contribution in [0.25, 0.3) is 0 Å². The number of carbonyl (C=O) groups excluding carboxylic acids is 2. The van der Waals surface area contributed by atoms with Crippen molar-refractivity contribution in [3.8, 4) is 0 Å². The highest BCUT2D eigenvalue weighted by Gasteiger charge is 2.34. The van der Waals surface area contributed by atoms with Crippen molar-refractivity contribution in [2.75, 3.05) is 6.54 Å². The van der Waals surface area contributed by atoms with Crippen LogP contribution in [0.1, 0.15) is 17.7 Å². The lowest BCUT2D eigenvalue weighted by Gasteiger charge is -2.15. The van der Waals surface area contributed by atoms with E-state index in [0.29, 0.717) is 19.6 Å². The third-order valence-electron chi connectivity index (χ3n) is 3.70. The third-order valence-corrected chi connectivity index (χ3v) is 3.70. The number of furan rings is 1. The van der Waals surface area contributed by atoms with Crippen LogP contribution >= 0.6 is 0 Å². The Morgan fingerprint density at radius 1 is 1.41 bits per heavy atom. The summed E-state index contributed by atoms with van der Waals surface area (Å²) in [5.41, 5.74) is 0.938. The summed E-state index contributed by atoms with van der Waals surface area (Å²) in [5.74, 6) is 0.306. The Hall–Kier alpha value is -2.63. The lowest BCUT2D eigenvalue weighted by molar-refractivity contribution is -0.129. The lowest BCUT2D eigenvalue weighted by Crippen LogP contribution is -2.32. The molecule has 6 heteroatoms. The highest BCUT2D eigenvalue weighted by molar-refractivity contribution is 5.89. The summed E-state index contributed by atoms with van der Waals surface area (Å²) in [5, 5.41) is 2.86. The van der Waals surface area contributed by atoms with E-state index >= 15 is 0 Å². The van der Waals surface area contributed by atoms with E-state index < -0.39 is 0 Å². The minimum absolute atomic E-state index is 0.0158. The number of carbonyl (C=O) groups is 2. The van der Waals surface area contributed by atoms with Gasteiger partial charge in [0, 0.05) is 31.9 Å². The van der Waals surface area contributed by atoms with Crippen molar-refractivity contribution in [2.45, 2.75) is 19.5 Å². The van der Waals surface area contributed by atoms with Gasteiger partial charge in [-0.3, -0.25) is 14.6 Å². The first-order valence-electron chi connectivity index (χ1n) is 7.19. The number of nitrogens with zero attached hydrogens (tertiary/aromatic N) is 2. The van der Waals surface area contributed by atoms with Crippen LogP contribution in [0.5, 0.6) is 0 Å². The van der Waals surface area contributed by atoms with Crippen LogP contribution in [-0.2, 0) is 22.7 Å². The first kappa shape index (κ1) is 14.3. The maximum atomic E-state index is 12.2. The molecule has 0 spiro atoms. The zero-order valence-corrected chi connectivity index (χ0v) is 12.1. The van der Waals surface area contributed by atoms with Gasteiger partial charge in [-0.25, -0.2) is 0 Å². The van der Waals surface area contributed by atoms with Gasteiger partial charge >= 0.3 is 0 Å². The number of nitrogens with one attached hydrogen (secondary N) is 1. The number of pyridine rings is 1. The molecule has 0 unspecified atom stereocenters.